The molecule has 0 bridgehead atoms. The third-order valence-corrected chi connectivity index (χ3v) is 4.31. The molecule has 0 atom stereocenters. The fraction of sp³-hybridized carbons (Fsp3) is 0.286. The number of fused-ring (bicyclic) bond motifs is 1. The molecule has 0 saturated carbocycles. The maximum atomic E-state index is 12.7. The first kappa shape index (κ1) is 21.2. The van der Waals surface area contributed by atoms with Crippen LogP contribution in [0.15, 0.2) is 47.3 Å². The highest BCUT2D eigenvalue weighted by molar-refractivity contribution is 6.02. The number of methoxy groups -OCH3 is 1. The zero-order valence-corrected chi connectivity index (χ0v) is 16.4. The van der Waals surface area contributed by atoms with Crippen molar-refractivity contribution >= 4 is 16.7 Å². The van der Waals surface area contributed by atoms with E-state index in [1.807, 2.05) is 6.92 Å². The molecule has 30 heavy (non-hydrogen) atoms. The van der Waals surface area contributed by atoms with Gasteiger partial charge in [0.1, 0.15) is 6.61 Å². The van der Waals surface area contributed by atoms with E-state index >= 15 is 0 Å². The van der Waals surface area contributed by atoms with Crippen LogP contribution >= 0.6 is 0 Å². The molecule has 9 heteroatoms. The Hall–Kier alpha value is -3.49. The number of carbonyl (C=O) groups excluding carboxylic acids is 1. The number of esters is 1. The molecular weight excluding hydrogens is 398 g/mol. The van der Waals surface area contributed by atoms with Gasteiger partial charge in [-0.2, -0.15) is 13.9 Å². The Bertz CT molecular complexity index is 1110. The van der Waals surface area contributed by atoms with Crippen molar-refractivity contribution in [1.29, 1.82) is 0 Å². The molecule has 0 spiro atoms. The second-order valence-electron chi connectivity index (χ2n) is 6.36. The smallest absolute Gasteiger partial charge is 0.387 e. The van der Waals surface area contributed by atoms with E-state index < -0.39 is 12.6 Å². The summed E-state index contributed by atoms with van der Waals surface area (Å²) in [5.74, 6) is -0.742. The van der Waals surface area contributed by atoms with E-state index in [4.69, 9.17) is 9.47 Å². The van der Waals surface area contributed by atoms with Crippen molar-refractivity contribution in [2.24, 2.45) is 0 Å². The Morgan fingerprint density at radius 3 is 2.53 bits per heavy atom. The predicted octanol–water partition coefficient (Wildman–Crippen LogP) is 3.77. The monoisotopic (exact) mass is 418 g/mol. The lowest BCUT2D eigenvalue weighted by atomic mass is 10.1. The van der Waals surface area contributed by atoms with Gasteiger partial charge in [0.05, 0.1) is 12.5 Å². The summed E-state index contributed by atoms with van der Waals surface area (Å²) < 4.78 is 40.9. The van der Waals surface area contributed by atoms with E-state index in [1.165, 1.54) is 30.0 Å². The summed E-state index contributed by atoms with van der Waals surface area (Å²) in [6.07, 6.45) is 0.673. The lowest BCUT2D eigenvalue weighted by molar-refractivity contribution is -0.0512. The maximum absolute atomic E-state index is 12.7. The lowest BCUT2D eigenvalue weighted by Crippen LogP contribution is -2.26. The Balaban J connectivity index is 1.85. The largest absolute Gasteiger partial charge is 0.493 e. The molecule has 0 aliphatic heterocycles. The topological polar surface area (TPSA) is 79.7 Å². The van der Waals surface area contributed by atoms with E-state index in [0.29, 0.717) is 29.3 Å². The zero-order chi connectivity index (χ0) is 21.7. The highest BCUT2D eigenvalue weighted by Crippen LogP contribution is 2.29. The molecule has 3 aromatic rings. The molecule has 0 saturated heterocycles. The average Bonchev–Trinajstić information content (AvgIpc) is 2.74. The normalized spacial score (nSPS) is 11.0. The molecule has 1 heterocycles. The Kier molecular flexibility index (Phi) is 6.61. The molecule has 0 N–H and O–H groups in total. The van der Waals surface area contributed by atoms with Crippen molar-refractivity contribution in [1.82, 2.24) is 9.78 Å². The number of benzene rings is 2. The van der Waals surface area contributed by atoms with Gasteiger partial charge in [0, 0.05) is 11.9 Å². The highest BCUT2D eigenvalue weighted by atomic mass is 19.3. The Morgan fingerprint density at radius 1 is 1.13 bits per heavy atom. The quantitative estimate of drug-likeness (QED) is 0.518. The lowest BCUT2D eigenvalue weighted by Gasteiger charge is -2.12. The number of carbonyl (C=O) groups is 1. The van der Waals surface area contributed by atoms with Gasteiger partial charge >= 0.3 is 12.6 Å². The zero-order valence-electron chi connectivity index (χ0n) is 16.4. The van der Waals surface area contributed by atoms with Crippen LogP contribution in [0.1, 0.15) is 29.4 Å². The number of nitrogens with zero attached hydrogens (tertiary/aromatic N) is 2. The summed E-state index contributed by atoms with van der Waals surface area (Å²) in [6, 6.07) is 10.9. The molecule has 3 rings (SSSR count). The van der Waals surface area contributed by atoms with Gasteiger partial charge in [0.15, 0.2) is 17.2 Å². The van der Waals surface area contributed by atoms with Gasteiger partial charge in [0.2, 0.25) is 0 Å². The SMILES string of the molecule is CCCn1nc(C(=O)OCc2ccc(OC(F)F)c(OC)c2)c2ccccc2c1=O. The van der Waals surface area contributed by atoms with E-state index in [1.54, 1.807) is 24.3 Å². The molecule has 0 aliphatic carbocycles. The molecular formula is C21H20F2N2O5. The van der Waals surface area contributed by atoms with Gasteiger partial charge in [-0.15, -0.1) is 0 Å². The third kappa shape index (κ3) is 4.56. The Morgan fingerprint density at radius 2 is 1.87 bits per heavy atom. The standard InChI is InChI=1S/C21H20F2N2O5/c1-3-10-25-19(26)15-7-5-4-6-14(15)18(24-25)20(27)29-12-13-8-9-16(30-21(22)23)17(11-13)28-2/h4-9,11,21H,3,10,12H2,1-2H3. The van der Waals surface area contributed by atoms with Crippen molar-refractivity contribution in [3.05, 3.63) is 64.1 Å². The first-order valence-corrected chi connectivity index (χ1v) is 9.23. The second-order valence-corrected chi connectivity index (χ2v) is 6.36. The average molecular weight is 418 g/mol. The van der Waals surface area contributed by atoms with Gasteiger partial charge in [-0.3, -0.25) is 4.79 Å². The molecule has 2 aromatic carbocycles. The number of aromatic nitrogens is 2. The third-order valence-electron chi connectivity index (χ3n) is 4.31. The number of aryl methyl sites for hydroxylation is 1. The fourth-order valence-electron chi connectivity index (χ4n) is 2.96. The van der Waals surface area contributed by atoms with E-state index in [-0.39, 0.29) is 29.4 Å². The van der Waals surface area contributed by atoms with Gasteiger partial charge < -0.3 is 14.2 Å². The molecule has 1 aromatic heterocycles. The predicted molar refractivity (Wildman–Crippen MR) is 105 cm³/mol. The molecule has 0 fully saturated rings. The van der Waals surface area contributed by atoms with Gasteiger partial charge in [-0.1, -0.05) is 31.2 Å². The molecule has 7 nitrogen and oxygen atoms in total. The van der Waals surface area contributed by atoms with Crippen LogP contribution in [0, 0.1) is 0 Å². The van der Waals surface area contributed by atoms with Crippen molar-refractivity contribution in [2.45, 2.75) is 33.1 Å². The van der Waals surface area contributed by atoms with Crippen LogP contribution in [0.25, 0.3) is 10.8 Å². The maximum Gasteiger partial charge on any atom is 0.387 e. The van der Waals surface area contributed by atoms with Crippen LogP contribution in [0.3, 0.4) is 0 Å². The van der Waals surface area contributed by atoms with Gasteiger partial charge in [-0.05, 0) is 30.2 Å². The highest BCUT2D eigenvalue weighted by Gasteiger charge is 2.18. The minimum absolute atomic E-state index is 0.0308. The van der Waals surface area contributed by atoms with Crippen LogP contribution in [0.5, 0.6) is 11.5 Å². The first-order valence-electron chi connectivity index (χ1n) is 9.23. The van der Waals surface area contributed by atoms with Crippen molar-refractivity contribution < 1.29 is 27.8 Å². The van der Waals surface area contributed by atoms with E-state index in [9.17, 15) is 18.4 Å². The summed E-state index contributed by atoms with van der Waals surface area (Å²) >= 11 is 0. The summed E-state index contributed by atoms with van der Waals surface area (Å²) in [7, 11) is 1.32. The number of hydrogen-bond acceptors (Lipinski definition) is 6. The van der Waals surface area contributed by atoms with Crippen LogP contribution < -0.4 is 15.0 Å². The van der Waals surface area contributed by atoms with Crippen LogP contribution in [0.2, 0.25) is 0 Å². The summed E-state index contributed by atoms with van der Waals surface area (Å²) in [4.78, 5) is 25.2. The van der Waals surface area contributed by atoms with Gasteiger partial charge in [-0.25, -0.2) is 9.48 Å². The Labute approximate surface area is 170 Å². The molecule has 0 amide bonds. The van der Waals surface area contributed by atoms with Crippen molar-refractivity contribution in [2.75, 3.05) is 7.11 Å². The summed E-state index contributed by atoms with van der Waals surface area (Å²) in [5, 5.41) is 4.96. The molecule has 0 aliphatic rings. The van der Waals surface area contributed by atoms with Crippen molar-refractivity contribution in [3.63, 3.8) is 0 Å². The van der Waals surface area contributed by atoms with Crippen LogP contribution in [-0.4, -0.2) is 29.5 Å². The summed E-state index contributed by atoms with van der Waals surface area (Å²) in [5.41, 5.74) is 0.264. The van der Waals surface area contributed by atoms with E-state index in [2.05, 4.69) is 9.84 Å². The van der Waals surface area contributed by atoms with Gasteiger partial charge in [0.25, 0.3) is 5.56 Å². The number of rotatable bonds is 8. The first-order chi connectivity index (χ1) is 14.4. The number of ether oxygens (including phenoxy) is 3. The second kappa shape index (κ2) is 9.34. The number of alkyl halides is 2. The molecule has 158 valence electrons. The number of halogens is 2. The fourth-order valence-corrected chi connectivity index (χ4v) is 2.96. The molecule has 0 unspecified atom stereocenters. The van der Waals surface area contributed by atoms with Crippen LogP contribution in [0.4, 0.5) is 8.78 Å². The summed E-state index contributed by atoms with van der Waals surface area (Å²) in [6.45, 7) is -0.864. The molecule has 0 radical (unpaired) electrons. The van der Waals surface area contributed by atoms with E-state index in [0.717, 1.165) is 0 Å². The minimum atomic E-state index is -2.99. The number of hydrogen-bond donors (Lipinski definition) is 0. The van der Waals surface area contributed by atoms with Crippen molar-refractivity contribution in [3.8, 4) is 11.5 Å². The van der Waals surface area contributed by atoms with Crippen LogP contribution in [-0.2, 0) is 17.9 Å². The minimum Gasteiger partial charge on any atom is -0.493 e.